The zero-order valence-electron chi connectivity index (χ0n) is 14.4. The maximum atomic E-state index is 12.8. The van der Waals surface area contributed by atoms with Gasteiger partial charge in [0.25, 0.3) is 11.5 Å². The summed E-state index contributed by atoms with van der Waals surface area (Å²) in [7, 11) is 4.24. The number of hydrogen-bond donors (Lipinski definition) is 1. The van der Waals surface area contributed by atoms with Crippen LogP contribution in [0.2, 0.25) is 5.02 Å². The lowest BCUT2D eigenvalue weighted by Crippen LogP contribution is -2.43. The van der Waals surface area contributed by atoms with Crippen LogP contribution in [0.1, 0.15) is 10.5 Å². The molecule has 0 aliphatic rings. The van der Waals surface area contributed by atoms with Crippen molar-refractivity contribution in [3.05, 3.63) is 49.8 Å². The summed E-state index contributed by atoms with van der Waals surface area (Å²) in [6, 6.07) is 4.33. The third-order valence-electron chi connectivity index (χ3n) is 3.58. The molecule has 3 aromatic rings. The Bertz CT molecular complexity index is 1150. The van der Waals surface area contributed by atoms with Gasteiger partial charge in [0.05, 0.1) is 17.8 Å². The van der Waals surface area contributed by atoms with Crippen LogP contribution in [0.5, 0.6) is 5.75 Å². The van der Waals surface area contributed by atoms with Crippen LogP contribution < -0.4 is 21.3 Å². The highest BCUT2D eigenvalue weighted by molar-refractivity contribution is 6.32. The summed E-state index contributed by atoms with van der Waals surface area (Å²) in [6.45, 7) is 0. The number of tetrazole rings is 1. The summed E-state index contributed by atoms with van der Waals surface area (Å²) in [5.41, 5.74) is -2.04. The first kappa shape index (κ1) is 18.3. The van der Waals surface area contributed by atoms with Crippen LogP contribution in [0.15, 0.2) is 27.8 Å². The van der Waals surface area contributed by atoms with Crippen LogP contribution >= 0.6 is 11.6 Å². The van der Waals surface area contributed by atoms with Gasteiger partial charge < -0.3 is 4.74 Å². The van der Waals surface area contributed by atoms with Crippen molar-refractivity contribution >= 4 is 23.5 Å². The fraction of sp³-hybridized carbons (Fsp3) is 0.214. The molecular formula is C14H13ClN8O4. The van der Waals surface area contributed by atoms with Crippen molar-refractivity contribution in [1.82, 2.24) is 34.6 Å². The van der Waals surface area contributed by atoms with Gasteiger partial charge in [-0.05, 0) is 28.6 Å². The molecule has 12 nitrogen and oxygen atoms in total. The lowest BCUT2D eigenvalue weighted by Gasteiger charge is -2.10. The first-order valence-corrected chi connectivity index (χ1v) is 7.79. The number of rotatable bonds is 4. The molecule has 3 rings (SSSR count). The summed E-state index contributed by atoms with van der Waals surface area (Å²) < 4.78 is 7.89. The first-order chi connectivity index (χ1) is 12.8. The van der Waals surface area contributed by atoms with Crippen molar-refractivity contribution in [3.8, 4) is 11.4 Å². The fourth-order valence-electron chi connectivity index (χ4n) is 2.23. The smallest absolute Gasteiger partial charge is 0.351 e. The SMILES string of the molecule is COc1ccc(-n2c(=O)c(C(=O)Nc3nnnn3C)nn(C)c2=O)cc1Cl. The Balaban J connectivity index is 2.12. The monoisotopic (exact) mass is 392 g/mol. The second kappa shape index (κ2) is 6.99. The van der Waals surface area contributed by atoms with Gasteiger partial charge in [0.1, 0.15) is 5.75 Å². The highest BCUT2D eigenvalue weighted by Gasteiger charge is 2.21. The van der Waals surface area contributed by atoms with Crippen molar-refractivity contribution in [2.24, 2.45) is 14.1 Å². The van der Waals surface area contributed by atoms with Gasteiger partial charge in [0.15, 0.2) is 0 Å². The summed E-state index contributed by atoms with van der Waals surface area (Å²) >= 11 is 6.07. The van der Waals surface area contributed by atoms with Gasteiger partial charge in [-0.3, -0.25) is 14.9 Å². The zero-order chi connectivity index (χ0) is 19.7. The van der Waals surface area contributed by atoms with E-state index in [0.29, 0.717) is 5.75 Å². The first-order valence-electron chi connectivity index (χ1n) is 7.41. The molecule has 0 aliphatic heterocycles. The van der Waals surface area contributed by atoms with E-state index in [2.05, 4.69) is 25.9 Å². The predicted molar refractivity (Wildman–Crippen MR) is 93.4 cm³/mol. The van der Waals surface area contributed by atoms with Crippen LogP contribution in [-0.2, 0) is 14.1 Å². The molecule has 2 heterocycles. The second-order valence-corrected chi connectivity index (χ2v) is 5.70. The average Bonchev–Trinajstić information content (AvgIpc) is 3.03. The molecule has 27 heavy (non-hydrogen) atoms. The molecule has 0 atom stereocenters. The normalized spacial score (nSPS) is 10.7. The summed E-state index contributed by atoms with van der Waals surface area (Å²) in [5, 5.41) is 16.8. The third-order valence-corrected chi connectivity index (χ3v) is 3.87. The predicted octanol–water partition coefficient (Wildman–Crippen LogP) is -0.631. The number of benzene rings is 1. The Hall–Kier alpha value is -3.54. The van der Waals surface area contributed by atoms with E-state index >= 15 is 0 Å². The van der Waals surface area contributed by atoms with Crippen molar-refractivity contribution in [2.75, 3.05) is 12.4 Å². The molecule has 0 bridgehead atoms. The summed E-state index contributed by atoms with van der Waals surface area (Å²) in [4.78, 5) is 37.6. The Labute approximate surface area is 155 Å². The van der Waals surface area contributed by atoms with Crippen LogP contribution in [0.25, 0.3) is 5.69 Å². The van der Waals surface area contributed by atoms with Gasteiger partial charge in [-0.2, -0.15) is 5.10 Å². The van der Waals surface area contributed by atoms with Crippen molar-refractivity contribution in [1.29, 1.82) is 0 Å². The largest absolute Gasteiger partial charge is 0.495 e. The number of carbonyl (C=O) groups excluding carboxylic acids is 1. The number of amides is 1. The van der Waals surface area contributed by atoms with E-state index in [1.807, 2.05) is 0 Å². The molecule has 1 aromatic carbocycles. The fourth-order valence-corrected chi connectivity index (χ4v) is 2.49. The highest BCUT2D eigenvalue weighted by Crippen LogP contribution is 2.25. The molecule has 0 spiro atoms. The third kappa shape index (κ3) is 3.29. The minimum Gasteiger partial charge on any atom is -0.495 e. The number of anilines is 1. The molecule has 2 aromatic heterocycles. The molecule has 0 radical (unpaired) electrons. The molecule has 13 heteroatoms. The van der Waals surface area contributed by atoms with Gasteiger partial charge in [-0.1, -0.05) is 16.7 Å². The number of carbonyl (C=O) groups is 1. The van der Waals surface area contributed by atoms with Crippen molar-refractivity contribution in [2.45, 2.75) is 0 Å². The van der Waals surface area contributed by atoms with Gasteiger partial charge in [-0.15, -0.1) is 0 Å². The number of aryl methyl sites for hydroxylation is 2. The maximum absolute atomic E-state index is 12.8. The minimum absolute atomic E-state index is 0.00842. The highest BCUT2D eigenvalue weighted by atomic mass is 35.5. The van der Waals surface area contributed by atoms with E-state index in [0.717, 1.165) is 9.25 Å². The number of nitrogens with zero attached hydrogens (tertiary/aromatic N) is 7. The van der Waals surface area contributed by atoms with E-state index in [-0.39, 0.29) is 16.7 Å². The van der Waals surface area contributed by atoms with Crippen LogP contribution in [-0.4, -0.2) is 47.6 Å². The Morgan fingerprint density at radius 2 is 1.96 bits per heavy atom. The Kier molecular flexibility index (Phi) is 4.73. The number of methoxy groups -OCH3 is 1. The molecule has 140 valence electrons. The number of ether oxygens (including phenoxy) is 1. The quantitative estimate of drug-likeness (QED) is 0.619. The molecule has 1 N–H and O–H groups in total. The molecule has 0 fully saturated rings. The summed E-state index contributed by atoms with van der Waals surface area (Å²) in [5.74, 6) is -0.497. The number of aromatic nitrogens is 7. The van der Waals surface area contributed by atoms with E-state index in [9.17, 15) is 14.4 Å². The van der Waals surface area contributed by atoms with Crippen LogP contribution in [0.3, 0.4) is 0 Å². The number of hydrogen-bond acceptors (Lipinski definition) is 8. The molecular weight excluding hydrogens is 380 g/mol. The Morgan fingerprint density at radius 3 is 2.56 bits per heavy atom. The standard InChI is InChI=1S/C14H13ClN8O4/c1-21-13(17-19-20-21)16-11(24)10-12(25)23(14(26)22(2)18-10)7-4-5-9(27-3)8(15)6-7/h4-6H,1-3H3,(H,16,17,20,24). The Morgan fingerprint density at radius 1 is 1.22 bits per heavy atom. The lowest BCUT2D eigenvalue weighted by atomic mass is 10.3. The van der Waals surface area contributed by atoms with E-state index < -0.39 is 22.9 Å². The minimum atomic E-state index is -0.924. The van der Waals surface area contributed by atoms with Crippen LogP contribution in [0, 0.1) is 0 Å². The van der Waals surface area contributed by atoms with E-state index in [4.69, 9.17) is 16.3 Å². The number of nitrogens with one attached hydrogen (secondary N) is 1. The number of halogens is 1. The van der Waals surface area contributed by atoms with Gasteiger partial charge in [0.2, 0.25) is 11.6 Å². The van der Waals surface area contributed by atoms with Crippen molar-refractivity contribution < 1.29 is 9.53 Å². The second-order valence-electron chi connectivity index (χ2n) is 5.29. The van der Waals surface area contributed by atoms with Gasteiger partial charge in [0, 0.05) is 14.1 Å². The van der Waals surface area contributed by atoms with E-state index in [1.165, 1.54) is 44.1 Å². The van der Waals surface area contributed by atoms with E-state index in [1.54, 1.807) is 0 Å². The maximum Gasteiger partial charge on any atom is 0.351 e. The lowest BCUT2D eigenvalue weighted by molar-refractivity contribution is 0.101. The van der Waals surface area contributed by atoms with Crippen molar-refractivity contribution in [3.63, 3.8) is 0 Å². The molecule has 0 unspecified atom stereocenters. The van der Waals surface area contributed by atoms with Gasteiger partial charge in [-0.25, -0.2) is 18.7 Å². The topological polar surface area (TPSA) is 139 Å². The van der Waals surface area contributed by atoms with Crippen LogP contribution in [0.4, 0.5) is 5.95 Å². The molecule has 0 aliphatic carbocycles. The molecule has 0 saturated heterocycles. The summed E-state index contributed by atoms with van der Waals surface area (Å²) in [6.07, 6.45) is 0. The molecule has 0 saturated carbocycles. The zero-order valence-corrected chi connectivity index (χ0v) is 15.1. The molecule has 1 amide bonds. The average molecular weight is 393 g/mol. The van der Waals surface area contributed by atoms with Gasteiger partial charge >= 0.3 is 5.69 Å².